The van der Waals surface area contributed by atoms with Crippen LogP contribution >= 0.6 is 11.6 Å². The van der Waals surface area contributed by atoms with Crippen molar-refractivity contribution in [3.8, 4) is 5.75 Å². The van der Waals surface area contributed by atoms with E-state index in [0.717, 1.165) is 24.3 Å². The molecule has 1 saturated heterocycles. The normalized spacial score (nSPS) is 20.9. The highest BCUT2D eigenvalue weighted by molar-refractivity contribution is 6.30. The van der Waals surface area contributed by atoms with Crippen LogP contribution in [-0.2, 0) is 4.79 Å². The molecule has 0 bridgehead atoms. The van der Waals surface area contributed by atoms with Crippen molar-refractivity contribution >= 4 is 17.5 Å². The standard InChI is InChI=1S/C15H21ClN2O2/c1-10(13-8-11(16)4-6-14(13)20-3)17-12-5-7-15(19)18(2)9-12/h4,6,8,10,12,17H,5,7,9H2,1-3H3/t10-,12+/m0/s1. The van der Waals surface area contributed by atoms with Crippen LogP contribution in [0.15, 0.2) is 18.2 Å². The van der Waals surface area contributed by atoms with Gasteiger partial charge in [-0.1, -0.05) is 11.6 Å². The van der Waals surface area contributed by atoms with Crippen LogP contribution in [0.1, 0.15) is 31.4 Å². The molecule has 2 rings (SSSR count). The number of carbonyl (C=O) groups is 1. The van der Waals surface area contributed by atoms with Gasteiger partial charge < -0.3 is 15.0 Å². The smallest absolute Gasteiger partial charge is 0.222 e. The highest BCUT2D eigenvalue weighted by atomic mass is 35.5. The summed E-state index contributed by atoms with van der Waals surface area (Å²) in [5.74, 6) is 1.05. The summed E-state index contributed by atoms with van der Waals surface area (Å²) in [5.41, 5.74) is 1.04. The lowest BCUT2D eigenvalue weighted by atomic mass is 10.0. The molecule has 0 saturated carbocycles. The molecule has 110 valence electrons. The first-order valence-electron chi connectivity index (χ1n) is 6.84. The van der Waals surface area contributed by atoms with Crippen molar-refractivity contribution in [2.75, 3.05) is 20.7 Å². The third kappa shape index (κ3) is 3.44. The topological polar surface area (TPSA) is 41.6 Å². The first kappa shape index (κ1) is 15.1. The summed E-state index contributed by atoms with van der Waals surface area (Å²) in [5, 5.41) is 4.25. The van der Waals surface area contributed by atoms with Crippen LogP contribution in [0.3, 0.4) is 0 Å². The second-order valence-corrected chi connectivity index (χ2v) is 5.72. The molecule has 1 fully saturated rings. The largest absolute Gasteiger partial charge is 0.496 e. The van der Waals surface area contributed by atoms with Crippen LogP contribution in [0.5, 0.6) is 5.75 Å². The molecule has 0 aromatic heterocycles. The molecule has 1 heterocycles. The number of ether oxygens (including phenoxy) is 1. The predicted octanol–water partition coefficient (Wildman–Crippen LogP) is 2.62. The minimum atomic E-state index is 0.121. The van der Waals surface area contributed by atoms with E-state index in [1.165, 1.54) is 0 Å². The monoisotopic (exact) mass is 296 g/mol. The number of nitrogens with one attached hydrogen (secondary N) is 1. The molecule has 1 aromatic carbocycles. The summed E-state index contributed by atoms with van der Waals surface area (Å²) in [6, 6.07) is 6.05. The van der Waals surface area contributed by atoms with E-state index in [1.807, 2.05) is 25.2 Å². The van der Waals surface area contributed by atoms with E-state index in [4.69, 9.17) is 16.3 Å². The second-order valence-electron chi connectivity index (χ2n) is 5.28. The van der Waals surface area contributed by atoms with E-state index in [9.17, 15) is 4.79 Å². The molecule has 1 aliphatic heterocycles. The zero-order valence-corrected chi connectivity index (χ0v) is 12.9. The Hall–Kier alpha value is -1.26. The molecule has 1 aromatic rings. The molecule has 20 heavy (non-hydrogen) atoms. The molecule has 2 atom stereocenters. The van der Waals surface area contributed by atoms with Crippen LogP contribution in [0.25, 0.3) is 0 Å². The number of rotatable bonds is 4. The van der Waals surface area contributed by atoms with Gasteiger partial charge in [-0.25, -0.2) is 0 Å². The maximum atomic E-state index is 11.5. The zero-order valence-electron chi connectivity index (χ0n) is 12.1. The maximum absolute atomic E-state index is 11.5. The quantitative estimate of drug-likeness (QED) is 0.929. The van der Waals surface area contributed by atoms with Gasteiger partial charge in [-0.3, -0.25) is 4.79 Å². The third-order valence-corrected chi connectivity index (χ3v) is 4.01. The van der Waals surface area contributed by atoms with Crippen LogP contribution < -0.4 is 10.1 Å². The van der Waals surface area contributed by atoms with E-state index in [2.05, 4.69) is 12.2 Å². The summed E-state index contributed by atoms with van der Waals surface area (Å²) in [6.07, 6.45) is 1.48. The number of nitrogens with zero attached hydrogens (tertiary/aromatic N) is 1. The lowest BCUT2D eigenvalue weighted by Crippen LogP contribution is -2.47. The van der Waals surface area contributed by atoms with Crippen molar-refractivity contribution in [1.82, 2.24) is 10.2 Å². The zero-order chi connectivity index (χ0) is 14.7. The molecule has 0 aliphatic carbocycles. The molecular weight excluding hydrogens is 276 g/mol. The number of piperidine rings is 1. The Balaban J connectivity index is 2.06. The highest BCUT2D eigenvalue weighted by Crippen LogP contribution is 2.29. The molecule has 0 unspecified atom stereocenters. The van der Waals surface area contributed by atoms with Crippen molar-refractivity contribution in [1.29, 1.82) is 0 Å². The first-order valence-corrected chi connectivity index (χ1v) is 7.22. The molecule has 0 radical (unpaired) electrons. The van der Waals surface area contributed by atoms with Crippen LogP contribution in [0, 0.1) is 0 Å². The number of hydrogen-bond donors (Lipinski definition) is 1. The SMILES string of the molecule is COc1ccc(Cl)cc1[C@H](C)N[C@@H]1CCC(=O)N(C)C1. The highest BCUT2D eigenvalue weighted by Gasteiger charge is 2.24. The number of amides is 1. The fourth-order valence-corrected chi connectivity index (χ4v) is 2.82. The summed E-state index contributed by atoms with van der Waals surface area (Å²) in [7, 11) is 3.51. The molecule has 1 aliphatic rings. The number of benzene rings is 1. The summed E-state index contributed by atoms with van der Waals surface area (Å²) < 4.78 is 5.39. The lowest BCUT2D eigenvalue weighted by molar-refractivity contribution is -0.132. The van der Waals surface area contributed by atoms with E-state index < -0.39 is 0 Å². The van der Waals surface area contributed by atoms with Gasteiger partial charge in [-0.15, -0.1) is 0 Å². The number of hydrogen-bond acceptors (Lipinski definition) is 3. The Kier molecular flexibility index (Phi) is 4.89. The Morgan fingerprint density at radius 2 is 2.25 bits per heavy atom. The summed E-state index contributed by atoms with van der Waals surface area (Å²) in [6.45, 7) is 2.83. The second kappa shape index (κ2) is 6.46. The third-order valence-electron chi connectivity index (χ3n) is 3.77. The van der Waals surface area contributed by atoms with Gasteiger partial charge in [0.25, 0.3) is 0 Å². The van der Waals surface area contributed by atoms with E-state index in [-0.39, 0.29) is 11.9 Å². The van der Waals surface area contributed by atoms with Gasteiger partial charge in [-0.05, 0) is 31.5 Å². The van der Waals surface area contributed by atoms with Crippen molar-refractivity contribution in [2.45, 2.75) is 31.8 Å². The van der Waals surface area contributed by atoms with Gasteiger partial charge in [0.05, 0.1) is 7.11 Å². The van der Waals surface area contributed by atoms with E-state index in [1.54, 1.807) is 12.0 Å². The van der Waals surface area contributed by atoms with Crippen molar-refractivity contribution in [3.63, 3.8) is 0 Å². The number of halogens is 1. The van der Waals surface area contributed by atoms with Crippen LogP contribution in [0.4, 0.5) is 0 Å². The molecular formula is C15H21ClN2O2. The molecule has 1 amide bonds. The van der Waals surface area contributed by atoms with Gasteiger partial charge in [-0.2, -0.15) is 0 Å². The van der Waals surface area contributed by atoms with E-state index in [0.29, 0.717) is 17.5 Å². The van der Waals surface area contributed by atoms with Crippen molar-refractivity contribution in [2.24, 2.45) is 0 Å². The Bertz CT molecular complexity index is 493. The Labute approximate surface area is 125 Å². The van der Waals surface area contributed by atoms with Gasteiger partial charge in [0.1, 0.15) is 5.75 Å². The fourth-order valence-electron chi connectivity index (χ4n) is 2.64. The van der Waals surface area contributed by atoms with Crippen LogP contribution in [0.2, 0.25) is 5.02 Å². The number of likely N-dealkylation sites (tertiary alicyclic amines) is 1. The van der Waals surface area contributed by atoms with Gasteiger partial charge in [0, 0.05) is 42.7 Å². The summed E-state index contributed by atoms with van der Waals surface area (Å²) >= 11 is 6.07. The van der Waals surface area contributed by atoms with Crippen molar-refractivity contribution < 1.29 is 9.53 Å². The van der Waals surface area contributed by atoms with Gasteiger partial charge in [0.15, 0.2) is 0 Å². The molecule has 1 N–H and O–H groups in total. The number of carbonyl (C=O) groups excluding carboxylic acids is 1. The number of likely N-dealkylation sites (N-methyl/N-ethyl adjacent to an activating group) is 1. The molecule has 4 nitrogen and oxygen atoms in total. The van der Waals surface area contributed by atoms with Gasteiger partial charge >= 0.3 is 0 Å². The Morgan fingerprint density at radius 3 is 2.90 bits per heavy atom. The molecule has 0 spiro atoms. The summed E-state index contributed by atoms with van der Waals surface area (Å²) in [4.78, 5) is 13.3. The lowest BCUT2D eigenvalue weighted by Gasteiger charge is -2.32. The van der Waals surface area contributed by atoms with Crippen LogP contribution in [-0.4, -0.2) is 37.6 Å². The fraction of sp³-hybridized carbons (Fsp3) is 0.533. The van der Waals surface area contributed by atoms with Crippen molar-refractivity contribution in [3.05, 3.63) is 28.8 Å². The average molecular weight is 297 g/mol. The number of methoxy groups -OCH3 is 1. The Morgan fingerprint density at radius 1 is 1.50 bits per heavy atom. The average Bonchev–Trinajstić information content (AvgIpc) is 2.43. The first-order chi connectivity index (χ1) is 9.51. The maximum Gasteiger partial charge on any atom is 0.222 e. The molecule has 5 heteroatoms. The minimum Gasteiger partial charge on any atom is -0.496 e. The van der Waals surface area contributed by atoms with E-state index >= 15 is 0 Å². The predicted molar refractivity (Wildman–Crippen MR) is 80.2 cm³/mol. The van der Waals surface area contributed by atoms with Gasteiger partial charge in [0.2, 0.25) is 5.91 Å². The minimum absolute atomic E-state index is 0.121.